The van der Waals surface area contributed by atoms with E-state index in [0.29, 0.717) is 16.3 Å². The second-order valence-corrected chi connectivity index (χ2v) is 7.61. The molecule has 0 saturated heterocycles. The highest BCUT2D eigenvalue weighted by Gasteiger charge is 2.18. The van der Waals surface area contributed by atoms with Crippen molar-refractivity contribution in [1.82, 2.24) is 9.55 Å². The number of nitrogens with zero attached hydrogens (tertiary/aromatic N) is 2. The largest absolute Gasteiger partial charge is 0.494 e. The van der Waals surface area contributed by atoms with Gasteiger partial charge in [0, 0.05) is 26.8 Å². The maximum Gasteiger partial charge on any atom is 0.335 e. The van der Waals surface area contributed by atoms with Crippen LogP contribution in [-0.4, -0.2) is 20.9 Å². The first-order valence-corrected chi connectivity index (χ1v) is 9.43. The fourth-order valence-corrected chi connectivity index (χ4v) is 3.50. The molecule has 0 saturated carbocycles. The summed E-state index contributed by atoms with van der Waals surface area (Å²) in [6.45, 7) is 1.83. The molecule has 4 rings (SSSR count). The third kappa shape index (κ3) is 3.12. The topological polar surface area (TPSA) is 87.4 Å². The zero-order valence-electron chi connectivity index (χ0n) is 14.5. The summed E-state index contributed by atoms with van der Waals surface area (Å²) in [6, 6.07) is 10.5. The molecular formula is C20H13BrClN3O3. The number of hydrogen-bond donors (Lipinski definition) is 2. The van der Waals surface area contributed by atoms with Gasteiger partial charge in [-0.3, -0.25) is 14.8 Å². The molecule has 0 radical (unpaired) electrons. The number of benzene rings is 2. The van der Waals surface area contributed by atoms with Crippen molar-refractivity contribution in [3.05, 3.63) is 83.4 Å². The van der Waals surface area contributed by atoms with Crippen molar-refractivity contribution in [3.8, 4) is 11.6 Å². The Morgan fingerprint density at radius 1 is 1.21 bits per heavy atom. The van der Waals surface area contributed by atoms with E-state index in [1.165, 1.54) is 6.08 Å². The van der Waals surface area contributed by atoms with Gasteiger partial charge in [-0.2, -0.15) is 0 Å². The number of aliphatic imine (C=N–C) groups is 1. The summed E-state index contributed by atoms with van der Waals surface area (Å²) in [6.07, 6.45) is 3.11. The van der Waals surface area contributed by atoms with E-state index in [4.69, 9.17) is 11.6 Å². The molecule has 0 amide bonds. The maximum atomic E-state index is 12.4. The van der Waals surface area contributed by atoms with E-state index in [1.54, 1.807) is 24.4 Å². The average molecular weight is 459 g/mol. The number of nitrogens with one attached hydrogen (secondary N) is 1. The number of aryl methyl sites for hydroxylation is 1. The molecule has 6 nitrogen and oxygen atoms in total. The zero-order valence-corrected chi connectivity index (χ0v) is 16.9. The van der Waals surface area contributed by atoms with Crippen molar-refractivity contribution < 1.29 is 5.11 Å². The quantitative estimate of drug-likeness (QED) is 0.603. The summed E-state index contributed by atoms with van der Waals surface area (Å²) >= 11 is 9.56. The van der Waals surface area contributed by atoms with Crippen LogP contribution < -0.4 is 11.2 Å². The molecule has 0 unspecified atom stereocenters. The Morgan fingerprint density at radius 3 is 2.75 bits per heavy atom. The zero-order chi connectivity index (χ0) is 20.0. The summed E-state index contributed by atoms with van der Waals surface area (Å²) in [5.74, 6) is -0.474. The van der Waals surface area contributed by atoms with Crippen molar-refractivity contribution in [2.24, 2.45) is 4.99 Å². The Labute approximate surface area is 172 Å². The van der Waals surface area contributed by atoms with Crippen LogP contribution in [0.3, 0.4) is 0 Å². The van der Waals surface area contributed by atoms with Gasteiger partial charge in [0.25, 0.3) is 5.56 Å². The number of aromatic nitrogens is 2. The first-order chi connectivity index (χ1) is 13.3. The molecule has 0 aliphatic carbocycles. The van der Waals surface area contributed by atoms with Crippen molar-refractivity contribution in [1.29, 1.82) is 0 Å². The molecule has 2 heterocycles. The SMILES string of the molecule is Cc1ccc(-n2c(O)c(C=C3C=Nc4ccc(Br)cc43)c(=O)[nH]c2=O)cc1Cl. The summed E-state index contributed by atoms with van der Waals surface area (Å²) < 4.78 is 1.87. The van der Waals surface area contributed by atoms with Gasteiger partial charge in [-0.1, -0.05) is 33.6 Å². The molecule has 0 fully saturated rings. The Hall–Kier alpha value is -2.90. The Bertz CT molecular complexity index is 1310. The fraction of sp³-hybridized carbons (Fsp3) is 0.0500. The molecule has 0 spiro atoms. The minimum Gasteiger partial charge on any atom is -0.494 e. The van der Waals surface area contributed by atoms with Gasteiger partial charge < -0.3 is 5.11 Å². The molecule has 2 aromatic carbocycles. The number of hydrogen-bond acceptors (Lipinski definition) is 4. The number of H-pyrrole nitrogens is 1. The molecule has 1 aliphatic heterocycles. The lowest BCUT2D eigenvalue weighted by Crippen LogP contribution is -2.30. The molecule has 2 N–H and O–H groups in total. The highest BCUT2D eigenvalue weighted by atomic mass is 79.9. The van der Waals surface area contributed by atoms with Gasteiger partial charge in [-0.15, -0.1) is 0 Å². The van der Waals surface area contributed by atoms with E-state index in [2.05, 4.69) is 25.9 Å². The lowest BCUT2D eigenvalue weighted by Gasteiger charge is -2.11. The van der Waals surface area contributed by atoms with Crippen LogP contribution in [0.5, 0.6) is 5.88 Å². The number of fused-ring (bicyclic) bond motifs is 1. The first-order valence-electron chi connectivity index (χ1n) is 8.25. The van der Waals surface area contributed by atoms with Crippen LogP contribution in [-0.2, 0) is 0 Å². The van der Waals surface area contributed by atoms with Crippen LogP contribution >= 0.6 is 27.5 Å². The van der Waals surface area contributed by atoms with Gasteiger partial charge in [0.2, 0.25) is 5.88 Å². The van der Waals surface area contributed by atoms with Crippen LogP contribution in [0.1, 0.15) is 16.7 Å². The molecular weight excluding hydrogens is 446 g/mol. The molecule has 0 atom stereocenters. The van der Waals surface area contributed by atoms with Gasteiger partial charge >= 0.3 is 5.69 Å². The molecule has 28 heavy (non-hydrogen) atoms. The third-order valence-electron chi connectivity index (χ3n) is 4.45. The summed E-state index contributed by atoms with van der Waals surface area (Å²) in [7, 11) is 0. The molecule has 1 aromatic heterocycles. The first kappa shape index (κ1) is 18.5. The van der Waals surface area contributed by atoms with Crippen molar-refractivity contribution in [2.75, 3.05) is 0 Å². The van der Waals surface area contributed by atoms with E-state index in [-0.39, 0.29) is 5.56 Å². The van der Waals surface area contributed by atoms with Crippen molar-refractivity contribution in [3.63, 3.8) is 0 Å². The highest BCUT2D eigenvalue weighted by molar-refractivity contribution is 9.10. The molecule has 140 valence electrons. The number of halogens is 2. The lowest BCUT2D eigenvalue weighted by molar-refractivity contribution is 0.429. The van der Waals surface area contributed by atoms with E-state index in [0.717, 1.165) is 25.9 Å². The average Bonchev–Trinajstić information content (AvgIpc) is 3.03. The highest BCUT2D eigenvalue weighted by Crippen LogP contribution is 2.35. The van der Waals surface area contributed by atoms with Crippen molar-refractivity contribution in [2.45, 2.75) is 6.92 Å². The smallest absolute Gasteiger partial charge is 0.335 e. The summed E-state index contributed by atoms with van der Waals surface area (Å²) in [4.78, 5) is 31.3. The maximum absolute atomic E-state index is 12.4. The van der Waals surface area contributed by atoms with Gasteiger partial charge in [0.15, 0.2) is 0 Å². The van der Waals surface area contributed by atoms with E-state index in [9.17, 15) is 14.7 Å². The second-order valence-electron chi connectivity index (χ2n) is 6.28. The van der Waals surface area contributed by atoms with Gasteiger partial charge in [0.1, 0.15) is 5.56 Å². The van der Waals surface area contributed by atoms with Crippen LogP contribution in [0.4, 0.5) is 5.69 Å². The van der Waals surface area contributed by atoms with Crippen LogP contribution in [0.15, 0.2) is 55.5 Å². The van der Waals surface area contributed by atoms with Crippen LogP contribution in [0, 0.1) is 6.92 Å². The van der Waals surface area contributed by atoms with Gasteiger partial charge in [-0.05, 0) is 48.9 Å². The number of aromatic hydroxyl groups is 1. The number of aromatic amines is 1. The third-order valence-corrected chi connectivity index (χ3v) is 5.35. The Balaban J connectivity index is 1.92. The number of allylic oxidation sites excluding steroid dienone is 1. The molecule has 0 bridgehead atoms. The second kappa shape index (κ2) is 6.92. The Kier molecular flexibility index (Phi) is 4.56. The monoisotopic (exact) mass is 457 g/mol. The lowest BCUT2D eigenvalue weighted by atomic mass is 10.1. The summed E-state index contributed by atoms with van der Waals surface area (Å²) in [5, 5.41) is 11.2. The minimum absolute atomic E-state index is 0.0504. The minimum atomic E-state index is -0.757. The number of rotatable bonds is 2. The molecule has 8 heteroatoms. The standard InChI is InChI=1S/C20H13BrClN3O3/c1-10-2-4-13(8-16(10)22)25-19(27)15(18(26)24-20(25)28)6-11-9-23-17-5-3-12(21)7-14(11)17/h2-9,27H,1H3,(H,24,26,28). The fourth-order valence-electron chi connectivity index (χ4n) is 2.96. The predicted molar refractivity (Wildman–Crippen MR) is 114 cm³/mol. The molecule has 3 aromatic rings. The predicted octanol–water partition coefficient (Wildman–Crippen LogP) is 4.21. The van der Waals surface area contributed by atoms with Gasteiger partial charge in [0.05, 0.1) is 11.4 Å². The van der Waals surface area contributed by atoms with E-state index >= 15 is 0 Å². The van der Waals surface area contributed by atoms with Crippen molar-refractivity contribution >= 4 is 51.1 Å². The normalized spacial score (nSPS) is 13.9. The van der Waals surface area contributed by atoms with Crippen LogP contribution in [0.2, 0.25) is 5.02 Å². The Morgan fingerprint density at radius 2 is 2.00 bits per heavy atom. The molecule has 1 aliphatic rings. The van der Waals surface area contributed by atoms with Crippen LogP contribution in [0.25, 0.3) is 17.3 Å². The summed E-state index contributed by atoms with van der Waals surface area (Å²) in [5.41, 5.74) is 1.88. The van der Waals surface area contributed by atoms with Gasteiger partial charge in [-0.25, -0.2) is 9.36 Å². The van der Waals surface area contributed by atoms with E-state index < -0.39 is 17.1 Å². The van der Waals surface area contributed by atoms with E-state index in [1.807, 2.05) is 25.1 Å².